The Morgan fingerprint density at radius 3 is 0.947 bits per heavy atom. The van der Waals surface area contributed by atoms with Crippen LogP contribution in [-0.2, 0) is 0 Å². The smallest absolute Gasteiger partial charge is 0.124 e. The molecule has 0 amide bonds. The van der Waals surface area contributed by atoms with Crippen molar-refractivity contribution in [1.82, 2.24) is 4.65 Å². The van der Waals surface area contributed by atoms with Gasteiger partial charge in [-0.2, -0.15) is 0 Å². The standard InChI is InChI=1S/C16H39NSi2/c1-13(2)18(11,15(5,6)7)17-19(12,14(3)4)16(8,9)10/h13-14,17H,1-12H3. The summed E-state index contributed by atoms with van der Waals surface area (Å²) >= 11 is 0. The van der Waals surface area contributed by atoms with Gasteiger partial charge in [-0.3, -0.25) is 0 Å². The van der Waals surface area contributed by atoms with Crippen molar-refractivity contribution in [3.8, 4) is 0 Å². The quantitative estimate of drug-likeness (QED) is 0.614. The molecule has 0 fully saturated rings. The van der Waals surface area contributed by atoms with Crippen LogP contribution in [0.25, 0.3) is 0 Å². The normalized spacial score (nSPS) is 20.5. The van der Waals surface area contributed by atoms with Crippen LogP contribution in [0, 0.1) is 0 Å². The molecule has 0 aliphatic rings. The van der Waals surface area contributed by atoms with Crippen molar-refractivity contribution in [1.29, 1.82) is 0 Å². The maximum absolute atomic E-state index is 4.36. The van der Waals surface area contributed by atoms with Gasteiger partial charge in [0.2, 0.25) is 0 Å². The molecule has 0 bridgehead atoms. The number of rotatable bonds is 4. The van der Waals surface area contributed by atoms with Crippen LogP contribution in [0.1, 0.15) is 69.2 Å². The third kappa shape index (κ3) is 3.73. The van der Waals surface area contributed by atoms with Crippen molar-refractivity contribution in [3.63, 3.8) is 0 Å². The molecule has 0 saturated carbocycles. The number of hydrogen-bond acceptors (Lipinski definition) is 1. The Hall–Kier alpha value is 0.394. The Labute approximate surface area is 125 Å². The molecule has 3 heteroatoms. The summed E-state index contributed by atoms with van der Waals surface area (Å²) in [6.45, 7) is 29.4. The van der Waals surface area contributed by atoms with E-state index in [0.29, 0.717) is 10.1 Å². The predicted molar refractivity (Wildman–Crippen MR) is 96.0 cm³/mol. The molecule has 0 aromatic heterocycles. The van der Waals surface area contributed by atoms with Crippen LogP contribution in [0.4, 0.5) is 0 Å². The summed E-state index contributed by atoms with van der Waals surface area (Å²) in [7, 11) is -3.05. The van der Waals surface area contributed by atoms with E-state index < -0.39 is 16.5 Å². The van der Waals surface area contributed by atoms with Crippen molar-refractivity contribution < 1.29 is 0 Å². The van der Waals surface area contributed by atoms with Gasteiger partial charge in [-0.05, 0) is 21.2 Å². The van der Waals surface area contributed by atoms with Crippen LogP contribution in [0.3, 0.4) is 0 Å². The van der Waals surface area contributed by atoms with Crippen LogP contribution >= 0.6 is 0 Å². The lowest BCUT2D eigenvalue weighted by molar-refractivity contribution is 0.645. The SMILES string of the molecule is CC(C)[Si](C)(N[Si](C)(C(C)C)C(C)(C)C)C(C)(C)C. The first-order valence-electron chi connectivity index (χ1n) is 7.89. The lowest BCUT2D eigenvalue weighted by atomic mass is 10.2. The third-order valence-corrected chi connectivity index (χ3v) is 21.0. The van der Waals surface area contributed by atoms with Crippen molar-refractivity contribution in [3.05, 3.63) is 0 Å². The van der Waals surface area contributed by atoms with Crippen molar-refractivity contribution in [2.75, 3.05) is 0 Å². The third-order valence-electron chi connectivity index (χ3n) is 5.94. The Morgan fingerprint density at radius 1 is 0.632 bits per heavy atom. The highest BCUT2D eigenvalue weighted by atomic mass is 28.4. The first-order chi connectivity index (χ1) is 8.09. The van der Waals surface area contributed by atoms with E-state index >= 15 is 0 Å². The van der Waals surface area contributed by atoms with Crippen LogP contribution in [-0.4, -0.2) is 16.5 Å². The Balaban J connectivity index is 5.69. The van der Waals surface area contributed by atoms with Crippen molar-refractivity contribution >= 4 is 16.5 Å². The summed E-state index contributed by atoms with van der Waals surface area (Å²) in [4.78, 5) is 0. The van der Waals surface area contributed by atoms with E-state index in [1.54, 1.807) is 0 Å². The van der Waals surface area contributed by atoms with Crippen LogP contribution < -0.4 is 4.65 Å². The molecule has 0 rings (SSSR count). The van der Waals surface area contributed by atoms with Gasteiger partial charge in [-0.1, -0.05) is 82.3 Å². The Bertz CT molecular complexity index is 269. The maximum atomic E-state index is 4.36. The van der Waals surface area contributed by atoms with E-state index in [-0.39, 0.29) is 0 Å². The second kappa shape index (κ2) is 5.65. The highest BCUT2D eigenvalue weighted by Gasteiger charge is 2.52. The minimum atomic E-state index is -1.52. The molecule has 0 aliphatic carbocycles. The van der Waals surface area contributed by atoms with Crippen LogP contribution in [0.15, 0.2) is 0 Å². The molecule has 0 heterocycles. The molecule has 19 heavy (non-hydrogen) atoms. The summed E-state index contributed by atoms with van der Waals surface area (Å²) in [5.74, 6) is 0. The zero-order valence-electron chi connectivity index (χ0n) is 15.7. The second-order valence-electron chi connectivity index (χ2n) is 9.34. The summed E-state index contributed by atoms with van der Waals surface area (Å²) in [5, 5.41) is 0.797. The molecule has 0 aromatic rings. The lowest BCUT2D eigenvalue weighted by Crippen LogP contribution is -2.71. The molecule has 0 aromatic carbocycles. The highest BCUT2D eigenvalue weighted by molar-refractivity contribution is 6.95. The molecule has 0 spiro atoms. The molecule has 2 unspecified atom stereocenters. The molecular weight excluding hydrogens is 262 g/mol. The maximum Gasteiger partial charge on any atom is 0.124 e. The zero-order chi connectivity index (χ0) is 15.9. The first kappa shape index (κ1) is 19.4. The monoisotopic (exact) mass is 301 g/mol. The summed E-state index contributed by atoms with van der Waals surface area (Å²) in [6.07, 6.45) is 0. The van der Waals surface area contributed by atoms with Gasteiger partial charge in [0.25, 0.3) is 0 Å². The molecule has 1 nitrogen and oxygen atoms in total. The Morgan fingerprint density at radius 2 is 0.842 bits per heavy atom. The molecule has 0 saturated heterocycles. The number of nitrogens with one attached hydrogen (secondary N) is 1. The van der Waals surface area contributed by atoms with Crippen LogP contribution in [0.2, 0.25) is 34.3 Å². The van der Waals surface area contributed by atoms with E-state index in [9.17, 15) is 0 Å². The van der Waals surface area contributed by atoms with Crippen LogP contribution in [0.5, 0.6) is 0 Å². The zero-order valence-corrected chi connectivity index (χ0v) is 17.7. The van der Waals surface area contributed by atoms with Gasteiger partial charge in [0.05, 0.1) is 0 Å². The molecule has 0 radical (unpaired) electrons. The fraction of sp³-hybridized carbons (Fsp3) is 1.00. The summed E-state index contributed by atoms with van der Waals surface area (Å²) < 4.78 is 4.36. The molecule has 0 aliphatic heterocycles. The van der Waals surface area contributed by atoms with Crippen molar-refractivity contribution in [2.24, 2.45) is 0 Å². The first-order valence-corrected chi connectivity index (χ1v) is 13.0. The van der Waals surface area contributed by atoms with E-state index in [2.05, 4.69) is 87.0 Å². The van der Waals surface area contributed by atoms with Gasteiger partial charge >= 0.3 is 0 Å². The largest absolute Gasteiger partial charge is 0.358 e. The predicted octanol–water partition coefficient (Wildman–Crippen LogP) is 6.15. The van der Waals surface area contributed by atoms with Gasteiger partial charge in [0.1, 0.15) is 16.5 Å². The molecule has 1 N–H and O–H groups in total. The van der Waals surface area contributed by atoms with Gasteiger partial charge in [0, 0.05) is 0 Å². The molecule has 116 valence electrons. The minimum absolute atomic E-state index is 0.398. The fourth-order valence-corrected chi connectivity index (χ4v) is 16.0. The average Bonchev–Trinajstić information content (AvgIpc) is 2.12. The van der Waals surface area contributed by atoms with Gasteiger partial charge in [0.15, 0.2) is 0 Å². The Kier molecular flexibility index (Phi) is 5.76. The average molecular weight is 302 g/mol. The highest BCUT2D eigenvalue weighted by Crippen LogP contribution is 2.48. The van der Waals surface area contributed by atoms with Gasteiger partial charge < -0.3 is 4.65 Å². The van der Waals surface area contributed by atoms with E-state index in [4.69, 9.17) is 0 Å². The molecule has 2 atom stereocenters. The van der Waals surface area contributed by atoms with Gasteiger partial charge in [-0.15, -0.1) is 0 Å². The van der Waals surface area contributed by atoms with E-state index in [1.807, 2.05) is 0 Å². The van der Waals surface area contributed by atoms with E-state index in [0.717, 1.165) is 11.1 Å². The number of hydrogen-bond donors (Lipinski definition) is 1. The second-order valence-corrected chi connectivity index (χ2v) is 20.5. The minimum Gasteiger partial charge on any atom is -0.358 e. The van der Waals surface area contributed by atoms with E-state index in [1.165, 1.54) is 0 Å². The fourth-order valence-electron chi connectivity index (χ4n) is 2.94. The van der Waals surface area contributed by atoms with Gasteiger partial charge in [-0.25, -0.2) is 0 Å². The van der Waals surface area contributed by atoms with Crippen molar-refractivity contribution in [2.45, 2.75) is 103 Å². The topological polar surface area (TPSA) is 12.0 Å². The lowest BCUT2D eigenvalue weighted by Gasteiger charge is -2.54. The molecular formula is C16H39NSi2. The summed E-state index contributed by atoms with van der Waals surface area (Å²) in [5.41, 5.74) is 1.53. The summed E-state index contributed by atoms with van der Waals surface area (Å²) in [6, 6.07) is 0.